The van der Waals surface area contributed by atoms with Crippen LogP contribution in [-0.4, -0.2) is 148 Å². The number of hydrogen-bond donors (Lipinski definition) is 12. The zero-order valence-electron chi connectivity index (χ0n) is 22.6. The molecule has 0 saturated heterocycles. The van der Waals surface area contributed by atoms with Crippen LogP contribution in [0.25, 0.3) is 0 Å². The second kappa shape index (κ2) is 16.2. The lowest BCUT2D eigenvalue weighted by atomic mass is 9.88. The van der Waals surface area contributed by atoms with Crippen LogP contribution in [0, 0.1) is 0 Å². The minimum absolute atomic E-state index is 0.0939. The van der Waals surface area contributed by atoms with Crippen LogP contribution in [0.3, 0.4) is 0 Å². The van der Waals surface area contributed by atoms with Crippen LogP contribution in [0.5, 0.6) is 0 Å². The van der Waals surface area contributed by atoms with Crippen molar-refractivity contribution < 1.29 is 86.1 Å². The van der Waals surface area contributed by atoms with Crippen LogP contribution in [-0.2, 0) is 27.4 Å². The number of hydrogen-bond acceptors (Lipinski definition) is 10. The van der Waals surface area contributed by atoms with Crippen molar-refractivity contribution in [3.63, 3.8) is 0 Å². The largest absolute Gasteiger partial charge is 0.339 e. The van der Waals surface area contributed by atoms with E-state index in [-0.39, 0.29) is 12.8 Å². The van der Waals surface area contributed by atoms with E-state index < -0.39 is 115 Å². The van der Waals surface area contributed by atoms with Gasteiger partial charge in [0.2, 0.25) is 0 Å². The zero-order chi connectivity index (χ0) is 33.7. The summed E-state index contributed by atoms with van der Waals surface area (Å²) >= 11 is 0. The minimum Gasteiger partial charge on any atom is -0.324 e. The molecule has 0 aromatic carbocycles. The lowest BCUT2D eigenvalue weighted by Crippen LogP contribution is -2.57. The summed E-state index contributed by atoms with van der Waals surface area (Å²) in [5.74, 6) is 0. The van der Waals surface area contributed by atoms with Crippen LogP contribution in [0.4, 0.5) is 0 Å². The molecule has 22 nitrogen and oxygen atoms in total. The van der Waals surface area contributed by atoms with Crippen molar-refractivity contribution in [1.29, 1.82) is 0 Å². The molecule has 2 unspecified atom stereocenters. The third-order valence-electron chi connectivity index (χ3n) is 5.99. The van der Waals surface area contributed by atoms with Gasteiger partial charge < -0.3 is 58.7 Å². The monoisotopic (exact) mass is 750 g/mol. The molecule has 258 valence electrons. The Kier molecular flexibility index (Phi) is 15.8. The zero-order valence-corrected chi connectivity index (χ0v) is 28.0. The molecule has 0 aliphatic heterocycles. The molecule has 0 radical (unpaired) electrons. The van der Waals surface area contributed by atoms with Crippen molar-refractivity contribution in [2.75, 3.05) is 57.5 Å². The Morgan fingerprint density at radius 1 is 0.419 bits per heavy atom. The normalized spacial score (nSPS) is 20.1. The van der Waals surface area contributed by atoms with Gasteiger partial charge in [0.25, 0.3) is 0 Å². The van der Waals surface area contributed by atoms with Crippen molar-refractivity contribution in [3.8, 4) is 0 Å². The SMILES string of the molecule is O=P(O)(O)CN(CCN(CP(=O)(O)O)C1CCCCC1N(CN(CP(=O)(O)O)CP(=O)(O)O)CP(=O)(O)O)CP(=O)(O)O. The molecule has 0 aromatic heterocycles. The number of nitrogens with zero attached hydrogens (tertiary/aromatic N) is 4. The molecule has 0 spiro atoms. The van der Waals surface area contributed by atoms with E-state index in [1.54, 1.807) is 0 Å². The van der Waals surface area contributed by atoms with Crippen molar-refractivity contribution in [3.05, 3.63) is 0 Å². The van der Waals surface area contributed by atoms with Crippen LogP contribution in [0.2, 0.25) is 0 Å². The van der Waals surface area contributed by atoms with E-state index >= 15 is 0 Å². The molecule has 1 rings (SSSR count). The van der Waals surface area contributed by atoms with Crippen LogP contribution in [0.15, 0.2) is 0 Å². The summed E-state index contributed by atoms with van der Waals surface area (Å²) in [5.41, 5.74) is 0. The van der Waals surface area contributed by atoms with Crippen molar-refractivity contribution in [1.82, 2.24) is 19.6 Å². The predicted octanol–water partition coefficient (Wildman–Crippen LogP) is -1.73. The molecule has 1 aliphatic rings. The summed E-state index contributed by atoms with van der Waals surface area (Å²) in [6.07, 6.45) is -5.68. The van der Waals surface area contributed by atoms with Gasteiger partial charge in [-0.25, -0.2) is 0 Å². The molecule has 0 amide bonds. The molecule has 0 bridgehead atoms. The molecule has 28 heteroatoms. The van der Waals surface area contributed by atoms with Crippen LogP contribution >= 0.6 is 45.6 Å². The van der Waals surface area contributed by atoms with E-state index in [0.29, 0.717) is 22.6 Å². The molecule has 0 aromatic rings. The van der Waals surface area contributed by atoms with Gasteiger partial charge in [-0.15, -0.1) is 0 Å². The second-order valence-corrected chi connectivity index (χ2v) is 20.0. The van der Waals surface area contributed by atoms with Crippen molar-refractivity contribution in [2.24, 2.45) is 0 Å². The maximum Gasteiger partial charge on any atom is 0.339 e. The van der Waals surface area contributed by atoms with Gasteiger partial charge >= 0.3 is 45.6 Å². The summed E-state index contributed by atoms with van der Waals surface area (Å²) in [6, 6.07) is -2.03. The summed E-state index contributed by atoms with van der Waals surface area (Å²) in [5, 5.41) is 0. The Morgan fingerprint density at radius 3 is 1.07 bits per heavy atom. The van der Waals surface area contributed by atoms with E-state index in [9.17, 15) is 86.1 Å². The maximum absolute atomic E-state index is 12.1. The van der Waals surface area contributed by atoms with E-state index in [4.69, 9.17) is 0 Å². The third kappa shape index (κ3) is 20.6. The molecule has 0 heterocycles. The third-order valence-corrected chi connectivity index (χ3v) is 10.5. The summed E-state index contributed by atoms with van der Waals surface area (Å²) in [4.78, 5) is 117. The fourth-order valence-corrected chi connectivity index (χ4v) is 9.76. The summed E-state index contributed by atoms with van der Waals surface area (Å²) < 4.78 is 70.5. The van der Waals surface area contributed by atoms with Gasteiger partial charge in [-0.2, -0.15) is 0 Å². The Hall–Kier alpha value is 0.740. The van der Waals surface area contributed by atoms with Gasteiger partial charge in [0.05, 0.1) is 6.67 Å². The molecular weight excluding hydrogens is 710 g/mol. The first-order valence-electron chi connectivity index (χ1n) is 12.2. The topological polar surface area (TPSA) is 358 Å². The first kappa shape index (κ1) is 41.8. The van der Waals surface area contributed by atoms with Gasteiger partial charge in [0.1, 0.15) is 37.7 Å². The van der Waals surface area contributed by atoms with Gasteiger partial charge in [0, 0.05) is 25.2 Å². The number of rotatable bonds is 19. The van der Waals surface area contributed by atoms with Crippen LogP contribution in [0.1, 0.15) is 25.7 Å². The average Bonchev–Trinajstić information content (AvgIpc) is 2.69. The molecule has 43 heavy (non-hydrogen) atoms. The van der Waals surface area contributed by atoms with E-state index in [0.717, 1.165) is 9.80 Å². The molecular formula is C15H40N4O18P6. The summed E-state index contributed by atoms with van der Waals surface area (Å²) in [7, 11) is -29.5. The maximum atomic E-state index is 12.1. The molecule has 12 N–H and O–H groups in total. The van der Waals surface area contributed by atoms with Crippen LogP contribution < -0.4 is 0 Å². The van der Waals surface area contributed by atoms with Gasteiger partial charge in [0.15, 0.2) is 0 Å². The Bertz CT molecular complexity index is 1140. The highest BCUT2D eigenvalue weighted by atomic mass is 31.2. The van der Waals surface area contributed by atoms with Gasteiger partial charge in [-0.1, -0.05) is 12.8 Å². The Balaban J connectivity index is 3.50. The molecule has 1 saturated carbocycles. The van der Waals surface area contributed by atoms with E-state index in [1.165, 1.54) is 0 Å². The van der Waals surface area contributed by atoms with E-state index in [1.807, 2.05) is 0 Å². The molecule has 1 aliphatic carbocycles. The second-order valence-electron chi connectivity index (χ2n) is 10.4. The first-order chi connectivity index (χ1) is 19.0. The standard InChI is InChI=1S/C15H40N4O18P6/c20-38(21,22)8-16(9-39(23,24)25)5-6-18(12-42(32,33)34)14-3-1-2-4-15(14)19(13-43(35,36)37)7-17(10-40(26,27)28)11-41(29,30)31/h14-15H,1-13H2,(H2,20,21,22)(H2,23,24,25)(H2,26,27,28)(H2,29,30,31)(H2,32,33,34)(H2,35,36,37). The Morgan fingerprint density at radius 2 is 0.721 bits per heavy atom. The minimum atomic E-state index is -4.97. The fraction of sp³-hybridized carbons (Fsp3) is 1.00. The molecule has 2 atom stereocenters. The van der Waals surface area contributed by atoms with Crippen molar-refractivity contribution >= 4 is 45.6 Å². The highest BCUT2D eigenvalue weighted by molar-refractivity contribution is 7.53. The average molecular weight is 750 g/mol. The predicted molar refractivity (Wildman–Crippen MR) is 149 cm³/mol. The summed E-state index contributed by atoms with van der Waals surface area (Å²) in [6.45, 7) is -1.78. The van der Waals surface area contributed by atoms with Crippen molar-refractivity contribution in [2.45, 2.75) is 37.8 Å². The smallest absolute Gasteiger partial charge is 0.324 e. The fourth-order valence-electron chi connectivity index (χ4n) is 4.90. The first-order valence-corrected chi connectivity index (χ1v) is 23.0. The van der Waals surface area contributed by atoms with Gasteiger partial charge in [-0.3, -0.25) is 47.0 Å². The lowest BCUT2D eigenvalue weighted by molar-refractivity contribution is 0.0296. The molecule has 1 fully saturated rings. The highest BCUT2D eigenvalue weighted by Crippen LogP contribution is 2.45. The lowest BCUT2D eigenvalue weighted by Gasteiger charge is -2.46. The quantitative estimate of drug-likeness (QED) is 0.0515. The van der Waals surface area contributed by atoms with E-state index in [2.05, 4.69) is 0 Å². The van der Waals surface area contributed by atoms with Gasteiger partial charge in [-0.05, 0) is 12.8 Å². The Labute approximate surface area is 246 Å². The highest BCUT2D eigenvalue weighted by Gasteiger charge is 2.40.